The van der Waals surface area contributed by atoms with Crippen LogP contribution in [0.2, 0.25) is 0 Å². The van der Waals surface area contributed by atoms with Crippen molar-refractivity contribution in [3.63, 3.8) is 0 Å². The van der Waals surface area contributed by atoms with Gasteiger partial charge >= 0.3 is 0 Å². The van der Waals surface area contributed by atoms with Gasteiger partial charge in [0, 0.05) is 25.2 Å². The molecule has 0 fully saturated rings. The predicted octanol–water partition coefficient (Wildman–Crippen LogP) is 3.98. The van der Waals surface area contributed by atoms with Gasteiger partial charge < -0.3 is 5.32 Å². The van der Waals surface area contributed by atoms with Gasteiger partial charge in [0.15, 0.2) is 0 Å². The van der Waals surface area contributed by atoms with Gasteiger partial charge in [0.2, 0.25) is 5.91 Å². The lowest BCUT2D eigenvalue weighted by Crippen LogP contribution is -2.27. The Bertz CT molecular complexity index is 657. The van der Waals surface area contributed by atoms with E-state index in [1.54, 1.807) is 12.1 Å². The van der Waals surface area contributed by atoms with Crippen LogP contribution in [0, 0.1) is 12.7 Å². The van der Waals surface area contributed by atoms with Gasteiger partial charge in [-0.1, -0.05) is 37.3 Å². The SMILES string of the molecule is CCN(CCC(=O)Nc1cccc(F)c1)Cc1ccccc1C. The maximum atomic E-state index is 13.1. The molecule has 2 aromatic rings. The van der Waals surface area contributed by atoms with Gasteiger partial charge in [0.1, 0.15) is 5.82 Å². The number of carbonyl (C=O) groups is 1. The molecule has 4 heteroatoms. The van der Waals surface area contributed by atoms with Gasteiger partial charge in [-0.3, -0.25) is 9.69 Å². The van der Waals surface area contributed by atoms with Gasteiger partial charge in [-0.15, -0.1) is 0 Å². The molecule has 0 heterocycles. The summed E-state index contributed by atoms with van der Waals surface area (Å²) < 4.78 is 13.1. The molecule has 0 spiro atoms. The zero-order valence-electron chi connectivity index (χ0n) is 13.7. The van der Waals surface area contributed by atoms with Crippen LogP contribution in [0.25, 0.3) is 0 Å². The lowest BCUT2D eigenvalue weighted by Gasteiger charge is -2.21. The van der Waals surface area contributed by atoms with Crippen LogP contribution in [0.1, 0.15) is 24.5 Å². The van der Waals surface area contributed by atoms with E-state index in [0.717, 1.165) is 13.1 Å². The third-order valence-electron chi connectivity index (χ3n) is 3.87. The summed E-state index contributed by atoms with van der Waals surface area (Å²) in [6.45, 7) is 6.56. The summed E-state index contributed by atoms with van der Waals surface area (Å²) in [4.78, 5) is 14.2. The first kappa shape index (κ1) is 17.2. The standard InChI is InChI=1S/C19H23FN2O/c1-3-22(14-16-8-5-4-7-15(16)2)12-11-19(23)21-18-10-6-9-17(20)13-18/h4-10,13H,3,11-12,14H2,1-2H3,(H,21,23). The highest BCUT2D eigenvalue weighted by atomic mass is 19.1. The molecule has 0 aromatic heterocycles. The Kier molecular flexibility index (Phi) is 6.29. The van der Waals surface area contributed by atoms with Crippen LogP contribution in [-0.2, 0) is 11.3 Å². The number of benzene rings is 2. The Labute approximate surface area is 137 Å². The lowest BCUT2D eigenvalue weighted by molar-refractivity contribution is -0.116. The Morgan fingerprint density at radius 1 is 1.17 bits per heavy atom. The van der Waals surface area contributed by atoms with Crippen LogP contribution in [-0.4, -0.2) is 23.9 Å². The fraction of sp³-hybridized carbons (Fsp3) is 0.316. The Morgan fingerprint density at radius 3 is 2.65 bits per heavy atom. The quantitative estimate of drug-likeness (QED) is 0.838. The second kappa shape index (κ2) is 8.44. The number of nitrogens with one attached hydrogen (secondary N) is 1. The molecule has 0 saturated heterocycles. The van der Waals surface area contributed by atoms with Crippen molar-refractivity contribution in [3.05, 3.63) is 65.5 Å². The van der Waals surface area contributed by atoms with Crippen LogP contribution in [0.5, 0.6) is 0 Å². The Hall–Kier alpha value is -2.20. The third-order valence-corrected chi connectivity index (χ3v) is 3.87. The van der Waals surface area contributed by atoms with E-state index in [2.05, 4.69) is 36.2 Å². The topological polar surface area (TPSA) is 32.3 Å². The second-order valence-corrected chi connectivity index (χ2v) is 5.60. The van der Waals surface area contributed by atoms with Gasteiger partial charge in [-0.2, -0.15) is 0 Å². The van der Waals surface area contributed by atoms with E-state index in [0.29, 0.717) is 18.7 Å². The number of hydrogen-bond donors (Lipinski definition) is 1. The molecule has 0 saturated carbocycles. The minimum Gasteiger partial charge on any atom is -0.326 e. The van der Waals surface area contributed by atoms with Crippen molar-refractivity contribution < 1.29 is 9.18 Å². The molecule has 0 atom stereocenters. The maximum absolute atomic E-state index is 13.1. The molecule has 0 unspecified atom stereocenters. The van der Waals surface area contributed by atoms with Crippen molar-refractivity contribution in [2.75, 3.05) is 18.4 Å². The molecule has 0 bridgehead atoms. The molecule has 0 radical (unpaired) electrons. The van der Waals surface area contributed by atoms with E-state index in [1.165, 1.54) is 23.3 Å². The van der Waals surface area contributed by atoms with Gasteiger partial charge in [0.05, 0.1) is 0 Å². The number of carbonyl (C=O) groups excluding carboxylic acids is 1. The summed E-state index contributed by atoms with van der Waals surface area (Å²) >= 11 is 0. The van der Waals surface area contributed by atoms with Crippen molar-refractivity contribution >= 4 is 11.6 Å². The average molecular weight is 314 g/mol. The molecule has 2 aromatic carbocycles. The maximum Gasteiger partial charge on any atom is 0.225 e. The third kappa shape index (κ3) is 5.49. The van der Waals surface area contributed by atoms with Gasteiger partial charge in [-0.25, -0.2) is 4.39 Å². The summed E-state index contributed by atoms with van der Waals surface area (Å²) in [7, 11) is 0. The molecule has 1 N–H and O–H groups in total. The van der Waals surface area contributed by atoms with E-state index < -0.39 is 0 Å². The summed E-state index contributed by atoms with van der Waals surface area (Å²) in [6, 6.07) is 14.2. The highest BCUT2D eigenvalue weighted by Gasteiger charge is 2.09. The number of rotatable bonds is 7. The predicted molar refractivity (Wildman–Crippen MR) is 91.8 cm³/mol. The normalized spacial score (nSPS) is 10.8. The van der Waals surface area contributed by atoms with Crippen LogP contribution in [0.4, 0.5) is 10.1 Å². The van der Waals surface area contributed by atoms with Crippen LogP contribution >= 0.6 is 0 Å². The first-order valence-electron chi connectivity index (χ1n) is 7.90. The van der Waals surface area contributed by atoms with Gasteiger partial charge in [0.25, 0.3) is 0 Å². The van der Waals surface area contributed by atoms with Crippen molar-refractivity contribution in [2.45, 2.75) is 26.8 Å². The number of amides is 1. The fourth-order valence-corrected chi connectivity index (χ4v) is 2.43. The van der Waals surface area contributed by atoms with E-state index >= 15 is 0 Å². The summed E-state index contributed by atoms with van der Waals surface area (Å²) in [5.74, 6) is -0.448. The molecule has 23 heavy (non-hydrogen) atoms. The zero-order chi connectivity index (χ0) is 16.7. The van der Waals surface area contributed by atoms with Crippen molar-refractivity contribution in [1.82, 2.24) is 4.90 Å². The van der Waals surface area contributed by atoms with Crippen LogP contribution in [0.3, 0.4) is 0 Å². The molecular weight excluding hydrogens is 291 g/mol. The van der Waals surface area contributed by atoms with Crippen molar-refractivity contribution in [3.8, 4) is 0 Å². The Balaban J connectivity index is 1.85. The molecule has 0 aliphatic carbocycles. The number of aryl methyl sites for hydroxylation is 1. The van der Waals surface area contributed by atoms with Crippen LogP contribution < -0.4 is 5.32 Å². The number of nitrogens with zero attached hydrogens (tertiary/aromatic N) is 1. The summed E-state index contributed by atoms with van der Waals surface area (Å²) in [6.07, 6.45) is 0.385. The van der Waals surface area contributed by atoms with E-state index in [4.69, 9.17) is 0 Å². The lowest BCUT2D eigenvalue weighted by atomic mass is 10.1. The molecular formula is C19H23FN2O. The molecule has 0 aliphatic heterocycles. The summed E-state index contributed by atoms with van der Waals surface area (Å²) in [5.41, 5.74) is 3.03. The number of anilines is 1. The zero-order valence-corrected chi connectivity index (χ0v) is 13.7. The molecule has 122 valence electrons. The average Bonchev–Trinajstić information content (AvgIpc) is 2.53. The Morgan fingerprint density at radius 2 is 1.96 bits per heavy atom. The van der Waals surface area contributed by atoms with Crippen molar-refractivity contribution in [2.24, 2.45) is 0 Å². The monoisotopic (exact) mass is 314 g/mol. The number of halogens is 1. The van der Waals surface area contributed by atoms with Crippen LogP contribution in [0.15, 0.2) is 48.5 Å². The summed E-state index contributed by atoms with van der Waals surface area (Å²) in [5, 5.41) is 2.73. The molecule has 0 aliphatic rings. The first-order chi connectivity index (χ1) is 11.1. The molecule has 3 nitrogen and oxygen atoms in total. The van der Waals surface area contributed by atoms with Gasteiger partial charge in [-0.05, 0) is 42.8 Å². The molecule has 1 amide bonds. The highest BCUT2D eigenvalue weighted by molar-refractivity contribution is 5.90. The highest BCUT2D eigenvalue weighted by Crippen LogP contribution is 2.12. The smallest absolute Gasteiger partial charge is 0.225 e. The minimum absolute atomic E-state index is 0.0983. The molecule has 2 rings (SSSR count). The first-order valence-corrected chi connectivity index (χ1v) is 7.90. The number of hydrogen-bond acceptors (Lipinski definition) is 2. The minimum atomic E-state index is -0.350. The largest absolute Gasteiger partial charge is 0.326 e. The van der Waals surface area contributed by atoms with E-state index in [9.17, 15) is 9.18 Å². The van der Waals surface area contributed by atoms with Crippen molar-refractivity contribution in [1.29, 1.82) is 0 Å². The van der Waals surface area contributed by atoms with E-state index in [1.807, 2.05) is 12.1 Å². The second-order valence-electron chi connectivity index (χ2n) is 5.60. The van der Waals surface area contributed by atoms with E-state index in [-0.39, 0.29) is 11.7 Å². The fourth-order valence-electron chi connectivity index (χ4n) is 2.43.